The Labute approximate surface area is 293 Å². The Hall–Kier alpha value is -5.19. The zero-order valence-electron chi connectivity index (χ0n) is 29.2. The number of carbonyl (C=O) groups is 4. The van der Waals surface area contributed by atoms with E-state index in [0.29, 0.717) is 36.7 Å². The lowest BCUT2D eigenvalue weighted by atomic mass is 9.77. The van der Waals surface area contributed by atoms with Crippen LogP contribution in [0.15, 0.2) is 88.0 Å². The average Bonchev–Trinajstić information content (AvgIpc) is 3.65. The van der Waals surface area contributed by atoms with E-state index in [1.165, 1.54) is 0 Å². The number of benzene rings is 3. The predicted molar refractivity (Wildman–Crippen MR) is 193 cm³/mol. The van der Waals surface area contributed by atoms with Crippen LogP contribution in [-0.4, -0.2) is 55.4 Å². The zero-order valence-corrected chi connectivity index (χ0v) is 29.2. The summed E-state index contributed by atoms with van der Waals surface area (Å²) in [6, 6.07) is 22.5. The van der Waals surface area contributed by atoms with E-state index in [1.54, 1.807) is 25.2 Å². The molecule has 0 spiro atoms. The van der Waals surface area contributed by atoms with Gasteiger partial charge in [-0.05, 0) is 106 Å². The van der Waals surface area contributed by atoms with E-state index in [2.05, 4.69) is 31.2 Å². The number of amidine groups is 1. The summed E-state index contributed by atoms with van der Waals surface area (Å²) in [5.74, 6) is -0.200. The Morgan fingerprint density at radius 3 is 2.20 bits per heavy atom. The van der Waals surface area contributed by atoms with E-state index < -0.39 is 17.6 Å². The number of hydrogen-bond donors (Lipinski definition) is 3. The van der Waals surface area contributed by atoms with E-state index in [4.69, 9.17) is 4.74 Å². The summed E-state index contributed by atoms with van der Waals surface area (Å²) in [7, 11) is 1.61. The minimum atomic E-state index is -0.592. The maximum absolute atomic E-state index is 13.8. The maximum atomic E-state index is 13.8. The molecular formula is C39H46N6O5. The molecule has 3 aromatic rings. The summed E-state index contributed by atoms with van der Waals surface area (Å²) in [6.45, 7) is 6.32. The molecule has 11 nitrogen and oxygen atoms in total. The van der Waals surface area contributed by atoms with Crippen LogP contribution in [0.4, 0.5) is 10.5 Å². The number of nitrogens with zero attached hydrogens (tertiary/aromatic N) is 3. The first-order chi connectivity index (χ1) is 24.0. The molecule has 3 amide bonds. The fourth-order valence-corrected chi connectivity index (χ4v) is 6.39. The quantitative estimate of drug-likeness (QED) is 0.189. The smallest absolute Gasteiger partial charge is 0.407 e. The van der Waals surface area contributed by atoms with Gasteiger partial charge in [-0.25, -0.2) is 9.79 Å². The van der Waals surface area contributed by atoms with Crippen LogP contribution in [0.25, 0.3) is 11.1 Å². The van der Waals surface area contributed by atoms with Crippen LogP contribution in [0.2, 0.25) is 0 Å². The summed E-state index contributed by atoms with van der Waals surface area (Å²) >= 11 is 0. The molecule has 1 atom stereocenters. The van der Waals surface area contributed by atoms with Gasteiger partial charge in [0.15, 0.2) is 12.5 Å². The number of anilines is 1. The van der Waals surface area contributed by atoms with E-state index in [1.807, 2.05) is 75.4 Å². The van der Waals surface area contributed by atoms with Crippen molar-refractivity contribution in [2.45, 2.75) is 64.9 Å². The third kappa shape index (κ3) is 9.93. The molecule has 1 aliphatic heterocycles. The number of ether oxygens (including phenoxy) is 1. The number of Topliss-reactive ketones (excluding diaryl/α,β-unsaturated/α-hetero) is 1. The molecule has 0 radical (unpaired) electrons. The number of hydrogen-bond acceptors (Lipinski definition) is 8. The van der Waals surface area contributed by atoms with Gasteiger partial charge >= 0.3 is 6.09 Å². The van der Waals surface area contributed by atoms with Gasteiger partial charge < -0.3 is 20.7 Å². The van der Waals surface area contributed by atoms with Crippen LogP contribution in [-0.2, 0) is 20.7 Å². The van der Waals surface area contributed by atoms with Gasteiger partial charge in [-0.1, -0.05) is 42.5 Å². The first-order valence-electron chi connectivity index (χ1n) is 17.2. The van der Waals surface area contributed by atoms with Gasteiger partial charge in [0.1, 0.15) is 11.4 Å². The number of azo groups is 1. The lowest BCUT2D eigenvalue weighted by Gasteiger charge is -2.29. The number of carbonyl (C=O) groups excluding carboxylic acids is 4. The number of nitrogens with one attached hydrogen (secondary N) is 3. The first kappa shape index (κ1) is 36.1. The van der Waals surface area contributed by atoms with Gasteiger partial charge in [-0.2, -0.15) is 5.11 Å². The van der Waals surface area contributed by atoms with Gasteiger partial charge in [0.2, 0.25) is 5.91 Å². The zero-order chi connectivity index (χ0) is 35.7. The summed E-state index contributed by atoms with van der Waals surface area (Å²) < 4.78 is 5.35. The van der Waals surface area contributed by atoms with E-state index in [9.17, 15) is 19.2 Å². The Morgan fingerprint density at radius 1 is 0.880 bits per heavy atom. The fourth-order valence-electron chi connectivity index (χ4n) is 6.39. The molecule has 0 bridgehead atoms. The Bertz CT molecular complexity index is 1740. The molecule has 1 aliphatic carbocycles. The molecule has 50 heavy (non-hydrogen) atoms. The van der Waals surface area contributed by atoms with Gasteiger partial charge in [0.25, 0.3) is 5.91 Å². The largest absolute Gasteiger partial charge is 0.444 e. The van der Waals surface area contributed by atoms with E-state index >= 15 is 0 Å². The van der Waals surface area contributed by atoms with Crippen molar-refractivity contribution < 1.29 is 23.9 Å². The molecule has 11 heteroatoms. The van der Waals surface area contributed by atoms with Crippen molar-refractivity contribution in [3.05, 3.63) is 89.5 Å². The molecule has 0 unspecified atom stereocenters. The van der Waals surface area contributed by atoms with E-state index in [-0.39, 0.29) is 35.9 Å². The molecule has 2 aliphatic rings. The molecular weight excluding hydrogens is 632 g/mol. The summed E-state index contributed by atoms with van der Waals surface area (Å²) in [5, 5.41) is 16.5. The topological polar surface area (TPSA) is 151 Å². The van der Waals surface area contributed by atoms with Crippen LogP contribution in [0, 0.1) is 17.8 Å². The molecule has 5 rings (SSSR count). The maximum Gasteiger partial charge on any atom is 0.407 e. The highest BCUT2D eigenvalue weighted by Gasteiger charge is 2.31. The van der Waals surface area contributed by atoms with Crippen LogP contribution in [0.5, 0.6) is 0 Å². The number of aliphatic imine (C=N–C) groups is 1. The molecule has 1 saturated carbocycles. The van der Waals surface area contributed by atoms with Gasteiger partial charge in [0.05, 0.1) is 0 Å². The van der Waals surface area contributed by atoms with Gasteiger partial charge in [-0.3, -0.25) is 14.4 Å². The van der Waals surface area contributed by atoms with Crippen molar-refractivity contribution in [2.75, 3.05) is 25.6 Å². The highest BCUT2D eigenvalue weighted by atomic mass is 16.6. The monoisotopic (exact) mass is 678 g/mol. The van der Waals surface area contributed by atoms with Crippen molar-refractivity contribution in [1.29, 1.82) is 0 Å². The highest BCUT2D eigenvalue weighted by Crippen LogP contribution is 2.32. The standard InChI is InChI=1S/C39H46N6O5/c1-39(2,3)50-38(49)41-23-26-11-15-28(16-12-26)34(46)22-30(36(47)44-31-19-17-29(18-20-31)35-42-24-43-45-35)21-25-9-13-27(14-10-25)32-7-5-6-8-33(32)37(48)40-4/h5-10,13-14,17-20,26,28,30H,11-12,15-16,21-24H2,1-4H3,(H,40,48)(H,41,49)(H,44,47)/t26?,28?,30-/m1/s1. The molecule has 0 saturated heterocycles. The van der Waals surface area contributed by atoms with Gasteiger partial charge in [-0.15, -0.1) is 5.11 Å². The van der Waals surface area contributed by atoms with Crippen LogP contribution >= 0.6 is 0 Å². The van der Waals surface area contributed by atoms with Crippen molar-refractivity contribution >= 4 is 35.2 Å². The molecule has 262 valence electrons. The van der Waals surface area contributed by atoms with Crippen molar-refractivity contribution in [2.24, 2.45) is 33.0 Å². The summed E-state index contributed by atoms with van der Waals surface area (Å²) in [6.07, 6.45) is 3.14. The fraction of sp³-hybridized carbons (Fsp3) is 0.410. The number of rotatable bonds is 12. The highest BCUT2D eigenvalue weighted by molar-refractivity contribution is 6.01. The second-order valence-electron chi connectivity index (χ2n) is 13.9. The molecule has 1 fully saturated rings. The minimum Gasteiger partial charge on any atom is -0.444 e. The first-order valence-corrected chi connectivity index (χ1v) is 17.2. The Morgan fingerprint density at radius 2 is 1.56 bits per heavy atom. The van der Waals surface area contributed by atoms with Crippen molar-refractivity contribution in [3.63, 3.8) is 0 Å². The number of amides is 3. The SMILES string of the molecule is CNC(=O)c1ccccc1-c1ccc(C[C@H](CC(=O)C2CCC(CNC(=O)OC(C)(C)C)CC2)C(=O)Nc2ccc(C3=NCN=N3)cc2)cc1. The van der Waals surface area contributed by atoms with Crippen molar-refractivity contribution in [1.82, 2.24) is 10.6 Å². The third-order valence-electron chi connectivity index (χ3n) is 9.06. The lowest BCUT2D eigenvalue weighted by Crippen LogP contribution is -2.37. The average molecular weight is 679 g/mol. The lowest BCUT2D eigenvalue weighted by molar-refractivity contribution is -0.129. The Balaban J connectivity index is 1.25. The normalized spacial score (nSPS) is 17.7. The summed E-state index contributed by atoms with van der Waals surface area (Å²) in [4.78, 5) is 56.3. The molecule has 3 N–H and O–H groups in total. The number of alkyl carbamates (subject to hydrolysis) is 1. The Kier molecular flexibility index (Phi) is 11.9. The third-order valence-corrected chi connectivity index (χ3v) is 9.06. The molecule has 1 heterocycles. The van der Waals surface area contributed by atoms with Crippen LogP contribution in [0.3, 0.4) is 0 Å². The van der Waals surface area contributed by atoms with E-state index in [0.717, 1.165) is 47.9 Å². The summed E-state index contributed by atoms with van der Waals surface area (Å²) in [5.41, 5.74) is 4.06. The second kappa shape index (κ2) is 16.5. The molecule has 0 aromatic heterocycles. The number of ketones is 1. The van der Waals surface area contributed by atoms with Crippen molar-refractivity contribution in [3.8, 4) is 11.1 Å². The molecule has 3 aromatic carbocycles. The second-order valence-corrected chi connectivity index (χ2v) is 13.9. The van der Waals surface area contributed by atoms with Gasteiger partial charge in [0, 0.05) is 48.7 Å². The van der Waals surface area contributed by atoms with Crippen LogP contribution < -0.4 is 16.0 Å². The predicted octanol–water partition coefficient (Wildman–Crippen LogP) is 6.97. The minimum absolute atomic E-state index is 0.0831. The van der Waals surface area contributed by atoms with Crippen LogP contribution in [0.1, 0.15) is 74.4 Å².